The fraction of sp³-hybridized carbons (Fsp3) is 0.550. The molecule has 0 aromatic heterocycles. The molecule has 3 fully saturated rings. The van der Waals surface area contributed by atoms with Crippen molar-refractivity contribution in [2.45, 2.75) is 32.3 Å². The van der Waals surface area contributed by atoms with Crippen molar-refractivity contribution in [2.75, 3.05) is 32.8 Å². The minimum atomic E-state index is -0.788. The smallest absolute Gasteiger partial charge is 0.338 e. The zero-order valence-electron chi connectivity index (χ0n) is 15.6. The molecular formula is C20H27BNO4. The normalized spacial score (nSPS) is 27.2. The molecule has 0 amide bonds. The van der Waals surface area contributed by atoms with Crippen molar-refractivity contribution in [1.29, 1.82) is 0 Å². The van der Waals surface area contributed by atoms with E-state index in [1.54, 1.807) is 25.1 Å². The molecule has 1 aromatic rings. The lowest BCUT2D eigenvalue weighted by atomic mass is 9.76. The summed E-state index contributed by atoms with van der Waals surface area (Å²) < 4.78 is 11.1. The van der Waals surface area contributed by atoms with Gasteiger partial charge in [0.25, 0.3) is 0 Å². The summed E-state index contributed by atoms with van der Waals surface area (Å²) in [6.07, 6.45) is 5.87. The topological polar surface area (TPSA) is 59.0 Å². The monoisotopic (exact) mass is 356 g/mol. The van der Waals surface area contributed by atoms with Crippen molar-refractivity contribution in [3.63, 3.8) is 0 Å². The lowest BCUT2D eigenvalue weighted by Crippen LogP contribution is -2.61. The molecule has 3 saturated heterocycles. The zero-order valence-corrected chi connectivity index (χ0v) is 15.6. The van der Waals surface area contributed by atoms with E-state index in [1.807, 2.05) is 19.1 Å². The van der Waals surface area contributed by atoms with Crippen LogP contribution in [0.25, 0.3) is 6.08 Å². The summed E-state index contributed by atoms with van der Waals surface area (Å²) in [5, 5.41) is 11.0. The van der Waals surface area contributed by atoms with Crippen molar-refractivity contribution in [3.8, 4) is 5.75 Å². The third-order valence-corrected chi connectivity index (χ3v) is 5.19. The van der Waals surface area contributed by atoms with E-state index >= 15 is 0 Å². The molecule has 1 atom stereocenters. The Morgan fingerprint density at radius 3 is 2.69 bits per heavy atom. The van der Waals surface area contributed by atoms with E-state index in [1.165, 1.54) is 0 Å². The third kappa shape index (κ3) is 4.30. The molecule has 26 heavy (non-hydrogen) atoms. The standard InChI is InChI=1S/C20H27NO4.B/c1-3-5-15-12-16(19(22)24-4-2)6-7-18(15)25-14-20(23)13-21-10-8-17(20)9-11-21;/h3,5-7,12,17,23H,4,8-11,13-14H2,1-2H3;/b5-3-;. The average molecular weight is 356 g/mol. The lowest BCUT2D eigenvalue weighted by molar-refractivity contribution is -0.131. The van der Waals surface area contributed by atoms with E-state index in [-0.39, 0.29) is 21.0 Å². The van der Waals surface area contributed by atoms with Crippen LogP contribution < -0.4 is 4.74 Å². The Bertz CT molecular complexity index is 655. The van der Waals surface area contributed by atoms with E-state index in [0.29, 0.717) is 30.4 Å². The van der Waals surface area contributed by atoms with E-state index in [9.17, 15) is 9.90 Å². The van der Waals surface area contributed by atoms with Crippen LogP contribution in [-0.4, -0.2) is 62.8 Å². The molecule has 0 saturated carbocycles. The predicted molar refractivity (Wildman–Crippen MR) is 102 cm³/mol. The molecule has 1 N–H and O–H groups in total. The van der Waals surface area contributed by atoms with Crippen molar-refractivity contribution in [3.05, 3.63) is 35.4 Å². The summed E-state index contributed by atoms with van der Waals surface area (Å²) in [7, 11) is 0. The van der Waals surface area contributed by atoms with Gasteiger partial charge in [0.05, 0.1) is 12.2 Å². The largest absolute Gasteiger partial charge is 0.490 e. The first-order valence-electron chi connectivity index (χ1n) is 9.07. The van der Waals surface area contributed by atoms with Gasteiger partial charge in [0.2, 0.25) is 0 Å². The first kappa shape index (κ1) is 20.5. The van der Waals surface area contributed by atoms with Gasteiger partial charge >= 0.3 is 5.97 Å². The molecule has 1 unspecified atom stereocenters. The van der Waals surface area contributed by atoms with Crippen LogP contribution in [0.2, 0.25) is 0 Å². The Morgan fingerprint density at radius 1 is 1.38 bits per heavy atom. The maximum absolute atomic E-state index is 11.9. The first-order chi connectivity index (χ1) is 12.1. The van der Waals surface area contributed by atoms with Gasteiger partial charge in [0, 0.05) is 20.5 Å². The molecule has 0 spiro atoms. The summed E-state index contributed by atoms with van der Waals surface area (Å²) in [6, 6.07) is 5.26. The number of benzene rings is 1. The molecule has 3 aliphatic heterocycles. The number of rotatable bonds is 6. The Kier molecular flexibility index (Phi) is 6.90. The molecule has 2 bridgehead atoms. The molecule has 1 aromatic carbocycles. The second-order valence-electron chi connectivity index (χ2n) is 6.92. The molecular weight excluding hydrogens is 329 g/mol. The average Bonchev–Trinajstić information content (AvgIpc) is 2.62. The van der Waals surface area contributed by atoms with E-state index in [0.717, 1.165) is 31.5 Å². The number of carbonyl (C=O) groups excluding carboxylic acids is 1. The lowest BCUT2D eigenvalue weighted by Gasteiger charge is -2.50. The van der Waals surface area contributed by atoms with Gasteiger partial charge in [0.15, 0.2) is 0 Å². The highest BCUT2D eigenvalue weighted by Gasteiger charge is 2.46. The van der Waals surface area contributed by atoms with Crippen molar-refractivity contribution >= 4 is 20.5 Å². The van der Waals surface area contributed by atoms with E-state index in [4.69, 9.17) is 9.47 Å². The van der Waals surface area contributed by atoms with Crippen molar-refractivity contribution < 1.29 is 19.4 Å². The number of nitrogens with zero attached hydrogens (tertiary/aromatic N) is 1. The number of ether oxygens (including phenoxy) is 2. The number of allylic oxidation sites excluding steroid dienone is 1. The first-order valence-corrected chi connectivity index (χ1v) is 9.07. The highest BCUT2D eigenvalue weighted by atomic mass is 16.5. The van der Waals surface area contributed by atoms with Crippen LogP contribution in [0, 0.1) is 5.92 Å². The van der Waals surface area contributed by atoms with Gasteiger partial charge in [-0.3, -0.25) is 0 Å². The molecule has 5 nitrogen and oxygen atoms in total. The van der Waals surface area contributed by atoms with Gasteiger partial charge in [-0.1, -0.05) is 12.2 Å². The quantitative estimate of drug-likeness (QED) is 0.626. The van der Waals surface area contributed by atoms with Crippen LogP contribution in [0.15, 0.2) is 24.3 Å². The van der Waals surface area contributed by atoms with E-state index in [2.05, 4.69) is 4.90 Å². The minimum Gasteiger partial charge on any atom is -0.490 e. The van der Waals surface area contributed by atoms with Gasteiger partial charge < -0.3 is 19.5 Å². The second-order valence-corrected chi connectivity index (χ2v) is 6.92. The fourth-order valence-electron chi connectivity index (χ4n) is 3.84. The Balaban J connectivity index is 0.00000243. The van der Waals surface area contributed by atoms with Gasteiger partial charge in [0.1, 0.15) is 18.0 Å². The maximum Gasteiger partial charge on any atom is 0.338 e. The van der Waals surface area contributed by atoms with E-state index < -0.39 is 5.60 Å². The second kappa shape index (κ2) is 8.74. The summed E-state index contributed by atoms with van der Waals surface area (Å²) >= 11 is 0. The van der Waals surface area contributed by atoms with Gasteiger partial charge in [-0.2, -0.15) is 0 Å². The minimum absolute atomic E-state index is 0. The number of aliphatic hydroxyl groups is 1. The van der Waals surface area contributed by atoms with Crippen LogP contribution in [0.5, 0.6) is 5.75 Å². The summed E-state index contributed by atoms with van der Waals surface area (Å²) in [6.45, 7) is 7.16. The molecule has 3 heterocycles. The molecule has 3 aliphatic rings. The van der Waals surface area contributed by atoms with Crippen LogP contribution in [0.4, 0.5) is 0 Å². The number of esters is 1. The van der Waals surface area contributed by atoms with Crippen LogP contribution in [0.1, 0.15) is 42.6 Å². The molecule has 139 valence electrons. The predicted octanol–water partition coefficient (Wildman–Crippen LogP) is 2.35. The van der Waals surface area contributed by atoms with Gasteiger partial charge in [-0.15, -0.1) is 0 Å². The molecule has 4 rings (SSSR count). The Morgan fingerprint density at radius 2 is 2.12 bits per heavy atom. The maximum atomic E-state index is 11.9. The Hall–Kier alpha value is -1.79. The highest BCUT2D eigenvalue weighted by Crippen LogP contribution is 2.36. The number of carbonyl (C=O) groups is 1. The molecule has 6 heteroatoms. The number of hydrogen-bond donors (Lipinski definition) is 1. The third-order valence-electron chi connectivity index (χ3n) is 5.19. The number of hydrogen-bond acceptors (Lipinski definition) is 5. The van der Waals surface area contributed by atoms with Crippen LogP contribution in [-0.2, 0) is 4.74 Å². The van der Waals surface area contributed by atoms with Crippen molar-refractivity contribution in [2.24, 2.45) is 5.92 Å². The summed E-state index contributed by atoms with van der Waals surface area (Å²) in [4.78, 5) is 14.2. The Labute approximate surface area is 157 Å². The zero-order chi connectivity index (χ0) is 17.9. The van der Waals surface area contributed by atoms with Crippen LogP contribution >= 0.6 is 0 Å². The van der Waals surface area contributed by atoms with Crippen molar-refractivity contribution in [1.82, 2.24) is 4.90 Å². The van der Waals surface area contributed by atoms with Gasteiger partial charge in [-0.25, -0.2) is 4.79 Å². The number of fused-ring (bicyclic) bond motifs is 3. The number of piperidine rings is 3. The van der Waals surface area contributed by atoms with Crippen LogP contribution in [0.3, 0.4) is 0 Å². The molecule has 0 aliphatic carbocycles. The molecule has 3 radical (unpaired) electrons. The highest BCUT2D eigenvalue weighted by molar-refractivity contribution is 5.90. The SMILES string of the molecule is C/C=C\c1cc(C(=O)OCC)ccc1OCC1(O)CN2CCC1CC2.[B]. The van der Waals surface area contributed by atoms with Gasteiger partial charge in [-0.05, 0) is 63.9 Å². The summed E-state index contributed by atoms with van der Waals surface area (Å²) in [5.41, 5.74) is 0.533. The summed E-state index contributed by atoms with van der Waals surface area (Å²) in [5.74, 6) is 0.647. The fourth-order valence-corrected chi connectivity index (χ4v) is 3.84.